The number of carbonyl (C=O) groups excluding carboxylic acids is 1. The van der Waals surface area contributed by atoms with Crippen LogP contribution in [0.1, 0.15) is 42.1 Å². The molecule has 1 fully saturated rings. The maximum Gasteiger partial charge on any atom is 0.252 e. The van der Waals surface area contributed by atoms with Crippen LogP contribution in [0.4, 0.5) is 10.1 Å². The van der Waals surface area contributed by atoms with Crippen LogP contribution >= 0.6 is 0 Å². The molecule has 0 spiro atoms. The molecule has 142 valence electrons. The second-order valence-corrected chi connectivity index (χ2v) is 7.41. The summed E-state index contributed by atoms with van der Waals surface area (Å²) in [5, 5.41) is 16.5. The van der Waals surface area contributed by atoms with Gasteiger partial charge in [0.25, 0.3) is 5.91 Å². The molecule has 3 aromatic rings. The molecule has 0 aliphatic heterocycles. The van der Waals surface area contributed by atoms with Crippen LogP contribution in [-0.2, 0) is 0 Å². The molecule has 3 N–H and O–H groups in total. The fraction of sp³-hybridized carbons (Fsp3) is 0.286. The summed E-state index contributed by atoms with van der Waals surface area (Å²) in [4.78, 5) is 12.0. The summed E-state index contributed by atoms with van der Waals surface area (Å²) in [7, 11) is 0. The van der Waals surface area contributed by atoms with Gasteiger partial charge in [0.05, 0.1) is 40.6 Å². The summed E-state index contributed by atoms with van der Waals surface area (Å²) >= 11 is 0. The Morgan fingerprint density at radius 1 is 1.39 bits per heavy atom. The normalized spacial score (nSPS) is 21.5. The zero-order valence-electron chi connectivity index (χ0n) is 15.4. The Kier molecular flexibility index (Phi) is 4.27. The minimum absolute atomic E-state index is 0.236. The molecule has 0 radical (unpaired) electrons. The summed E-state index contributed by atoms with van der Waals surface area (Å²) < 4.78 is 16.5. The number of amides is 1. The quantitative estimate of drug-likeness (QED) is 0.725. The van der Waals surface area contributed by atoms with Gasteiger partial charge in [0.15, 0.2) is 0 Å². The van der Waals surface area contributed by atoms with Gasteiger partial charge in [0.1, 0.15) is 5.67 Å². The Bertz CT molecular complexity index is 1090. The summed E-state index contributed by atoms with van der Waals surface area (Å²) in [6.07, 6.45) is 5.19. The zero-order valence-corrected chi connectivity index (χ0v) is 15.4. The molecule has 0 bridgehead atoms. The van der Waals surface area contributed by atoms with E-state index in [4.69, 9.17) is 11.0 Å². The van der Waals surface area contributed by atoms with Gasteiger partial charge in [-0.3, -0.25) is 4.79 Å². The molecule has 4 rings (SSSR count). The molecule has 1 aliphatic carbocycles. The lowest BCUT2D eigenvalue weighted by molar-refractivity contribution is 0.1000. The van der Waals surface area contributed by atoms with Gasteiger partial charge >= 0.3 is 0 Å². The van der Waals surface area contributed by atoms with Gasteiger partial charge in [-0.1, -0.05) is 12.1 Å². The highest BCUT2D eigenvalue weighted by Gasteiger charge is 2.39. The Labute approximate surface area is 161 Å². The van der Waals surface area contributed by atoms with E-state index in [-0.39, 0.29) is 5.56 Å². The molecule has 6 nitrogen and oxygen atoms in total. The summed E-state index contributed by atoms with van der Waals surface area (Å²) in [5.41, 5.74) is 7.94. The van der Waals surface area contributed by atoms with Crippen LogP contribution in [-0.4, -0.2) is 27.2 Å². The SMILES string of the molecule is CC1(F)CCCC1Nc1c(C(N)=O)cnn2cc(-c3ccc(C#N)cc3)cc12. The van der Waals surface area contributed by atoms with Crippen molar-refractivity contribution in [3.05, 3.63) is 53.9 Å². The highest BCUT2D eigenvalue weighted by atomic mass is 19.1. The van der Waals surface area contributed by atoms with Crippen molar-refractivity contribution in [2.75, 3.05) is 5.32 Å². The third kappa shape index (κ3) is 3.07. The van der Waals surface area contributed by atoms with E-state index in [1.54, 1.807) is 23.6 Å². The monoisotopic (exact) mass is 377 g/mol. The van der Waals surface area contributed by atoms with E-state index in [1.807, 2.05) is 24.4 Å². The minimum atomic E-state index is -1.35. The lowest BCUT2D eigenvalue weighted by Gasteiger charge is -2.26. The second kappa shape index (κ2) is 6.64. The number of nitriles is 1. The van der Waals surface area contributed by atoms with Crippen LogP contribution in [0.3, 0.4) is 0 Å². The number of aromatic nitrogens is 2. The molecule has 1 aliphatic rings. The maximum absolute atomic E-state index is 14.8. The van der Waals surface area contributed by atoms with Crippen molar-refractivity contribution < 1.29 is 9.18 Å². The molecular weight excluding hydrogens is 357 g/mol. The molecule has 1 aromatic carbocycles. The van der Waals surface area contributed by atoms with E-state index in [0.717, 1.165) is 17.5 Å². The molecule has 2 aromatic heterocycles. The molecule has 2 unspecified atom stereocenters. The first kappa shape index (κ1) is 18.0. The molecule has 2 heterocycles. The second-order valence-electron chi connectivity index (χ2n) is 7.41. The molecular formula is C21H20FN5O. The predicted octanol–water partition coefficient (Wildman–Crippen LogP) is 3.66. The van der Waals surface area contributed by atoms with E-state index >= 15 is 0 Å². The average Bonchev–Trinajstić information content (AvgIpc) is 3.25. The first-order valence-corrected chi connectivity index (χ1v) is 9.16. The Hall–Kier alpha value is -3.40. The predicted molar refractivity (Wildman–Crippen MR) is 105 cm³/mol. The lowest BCUT2D eigenvalue weighted by atomic mass is 10.0. The fourth-order valence-electron chi connectivity index (χ4n) is 3.81. The third-order valence-electron chi connectivity index (χ3n) is 5.45. The zero-order chi connectivity index (χ0) is 19.9. The van der Waals surface area contributed by atoms with Gasteiger partial charge < -0.3 is 11.1 Å². The highest BCUT2D eigenvalue weighted by molar-refractivity contribution is 6.02. The maximum atomic E-state index is 14.8. The van der Waals surface area contributed by atoms with Crippen LogP contribution in [0.2, 0.25) is 0 Å². The van der Waals surface area contributed by atoms with E-state index in [1.165, 1.54) is 6.20 Å². The van der Waals surface area contributed by atoms with Gasteiger partial charge in [-0.25, -0.2) is 8.91 Å². The number of nitrogens with one attached hydrogen (secondary N) is 1. The summed E-state index contributed by atoms with van der Waals surface area (Å²) in [5.74, 6) is -0.614. The van der Waals surface area contributed by atoms with Crippen molar-refractivity contribution in [2.24, 2.45) is 5.73 Å². The Balaban J connectivity index is 1.81. The summed E-state index contributed by atoms with van der Waals surface area (Å²) in [6, 6.07) is 10.8. The number of anilines is 1. The van der Waals surface area contributed by atoms with Crippen molar-refractivity contribution in [3.63, 3.8) is 0 Å². The minimum Gasteiger partial charge on any atom is -0.377 e. The summed E-state index contributed by atoms with van der Waals surface area (Å²) in [6.45, 7) is 1.58. The van der Waals surface area contributed by atoms with Gasteiger partial charge in [-0.15, -0.1) is 0 Å². The van der Waals surface area contributed by atoms with E-state index in [9.17, 15) is 9.18 Å². The first-order valence-electron chi connectivity index (χ1n) is 9.16. The molecule has 1 amide bonds. The van der Waals surface area contributed by atoms with Gasteiger partial charge in [0.2, 0.25) is 0 Å². The van der Waals surface area contributed by atoms with E-state index in [2.05, 4.69) is 16.5 Å². The first-order chi connectivity index (χ1) is 13.4. The number of alkyl halides is 1. The molecule has 1 saturated carbocycles. The van der Waals surface area contributed by atoms with Gasteiger partial charge in [0, 0.05) is 11.8 Å². The third-order valence-corrected chi connectivity index (χ3v) is 5.45. The number of benzene rings is 1. The number of nitrogens with zero attached hydrogens (tertiary/aromatic N) is 3. The number of hydrogen-bond acceptors (Lipinski definition) is 4. The molecule has 2 atom stereocenters. The standard InChI is InChI=1S/C21H20FN5O/c1-21(22)8-2-3-18(21)26-19-16(20(24)28)11-25-27-12-15(9-17(19)27)14-6-4-13(10-23)5-7-14/h4-7,9,11-12,18,26H,2-3,8H2,1H3,(H2,24,28). The number of halogens is 1. The smallest absolute Gasteiger partial charge is 0.252 e. The lowest BCUT2D eigenvalue weighted by Crippen LogP contribution is -2.36. The van der Waals surface area contributed by atoms with Crippen molar-refractivity contribution in [1.29, 1.82) is 5.26 Å². The van der Waals surface area contributed by atoms with Crippen molar-refractivity contribution in [3.8, 4) is 17.2 Å². The number of fused-ring (bicyclic) bond motifs is 1. The van der Waals surface area contributed by atoms with Crippen LogP contribution in [0.5, 0.6) is 0 Å². The van der Waals surface area contributed by atoms with Crippen LogP contribution in [0.25, 0.3) is 16.6 Å². The highest BCUT2D eigenvalue weighted by Crippen LogP contribution is 2.37. The largest absolute Gasteiger partial charge is 0.377 e. The van der Waals surface area contributed by atoms with Crippen molar-refractivity contribution in [1.82, 2.24) is 9.61 Å². The molecule has 7 heteroatoms. The number of carbonyl (C=O) groups is 1. The van der Waals surface area contributed by atoms with Crippen LogP contribution in [0.15, 0.2) is 42.7 Å². The van der Waals surface area contributed by atoms with Crippen LogP contribution in [0, 0.1) is 11.3 Å². The number of nitrogens with two attached hydrogens (primary N) is 1. The molecule has 0 saturated heterocycles. The number of primary amides is 1. The average molecular weight is 377 g/mol. The number of rotatable bonds is 4. The van der Waals surface area contributed by atoms with Crippen molar-refractivity contribution >= 4 is 17.1 Å². The Morgan fingerprint density at radius 3 is 2.75 bits per heavy atom. The molecule has 28 heavy (non-hydrogen) atoms. The number of hydrogen-bond donors (Lipinski definition) is 2. The topological polar surface area (TPSA) is 96.2 Å². The van der Waals surface area contributed by atoms with Crippen molar-refractivity contribution in [2.45, 2.75) is 37.9 Å². The fourth-order valence-corrected chi connectivity index (χ4v) is 3.81. The van der Waals surface area contributed by atoms with E-state index < -0.39 is 17.6 Å². The van der Waals surface area contributed by atoms with Gasteiger partial charge in [-0.2, -0.15) is 10.4 Å². The van der Waals surface area contributed by atoms with E-state index in [0.29, 0.717) is 29.6 Å². The Morgan fingerprint density at radius 2 is 2.14 bits per heavy atom. The van der Waals surface area contributed by atoms with Crippen LogP contribution < -0.4 is 11.1 Å². The van der Waals surface area contributed by atoms with Gasteiger partial charge in [-0.05, 0) is 49.9 Å².